The van der Waals surface area contributed by atoms with Crippen LogP contribution in [-0.2, 0) is 6.18 Å². The summed E-state index contributed by atoms with van der Waals surface area (Å²) in [7, 11) is 0. The number of pyridine rings is 1. The average Bonchev–Trinajstić information content (AvgIpc) is 2.25. The molecule has 0 radical (unpaired) electrons. The van der Waals surface area contributed by atoms with E-state index in [0.717, 1.165) is 23.9 Å². The van der Waals surface area contributed by atoms with Crippen LogP contribution in [0.15, 0.2) is 28.4 Å². The third-order valence-corrected chi connectivity index (χ3v) is 3.02. The third-order valence-electron chi connectivity index (χ3n) is 2.04. The summed E-state index contributed by atoms with van der Waals surface area (Å²) in [6.45, 7) is 0. The van der Waals surface area contributed by atoms with Crippen LogP contribution in [0.1, 0.15) is 5.56 Å². The Balaban J connectivity index is 2.36. The van der Waals surface area contributed by atoms with Gasteiger partial charge in [-0.2, -0.15) is 13.2 Å². The fraction of sp³-hybridized carbons (Fsp3) is 0.100. The van der Waals surface area contributed by atoms with Gasteiger partial charge in [-0.15, -0.1) is 0 Å². The van der Waals surface area contributed by atoms with E-state index in [1.807, 2.05) is 0 Å². The van der Waals surface area contributed by atoms with Crippen molar-refractivity contribution in [1.82, 2.24) is 15.0 Å². The number of rotatable bonds is 2. The van der Waals surface area contributed by atoms with Gasteiger partial charge < -0.3 is 11.5 Å². The Morgan fingerprint density at radius 1 is 1.00 bits per heavy atom. The van der Waals surface area contributed by atoms with E-state index >= 15 is 0 Å². The predicted molar refractivity (Wildman–Crippen MR) is 69.2 cm³/mol. The van der Waals surface area contributed by atoms with Crippen LogP contribution in [0.2, 0.25) is 5.15 Å². The normalized spacial score (nSPS) is 11.6. The molecule has 20 heavy (non-hydrogen) atoms. The van der Waals surface area contributed by atoms with Crippen molar-refractivity contribution in [3.8, 4) is 0 Å². The summed E-state index contributed by atoms with van der Waals surface area (Å²) in [4.78, 5) is 11.4. The number of nitrogen functional groups attached to an aromatic ring is 2. The number of alkyl halides is 3. The van der Waals surface area contributed by atoms with Gasteiger partial charge in [0.2, 0.25) is 0 Å². The van der Waals surface area contributed by atoms with Gasteiger partial charge in [-0.3, -0.25) is 0 Å². The number of nitrogens with two attached hydrogens (primary N) is 2. The topological polar surface area (TPSA) is 90.7 Å². The number of hydrogen-bond donors (Lipinski definition) is 2. The standard InChI is InChI=1S/C10H7ClF3N5S/c11-5-1-4(10(12,13)14)2-8(17-5)20-9-18-6(15)3-7(16)19-9/h1-3H,(H4,15,16,18,19). The van der Waals surface area contributed by atoms with Gasteiger partial charge in [0.1, 0.15) is 21.8 Å². The van der Waals surface area contributed by atoms with Crippen LogP contribution in [0.3, 0.4) is 0 Å². The number of hydrogen-bond acceptors (Lipinski definition) is 6. The molecule has 0 amide bonds. The van der Waals surface area contributed by atoms with Gasteiger partial charge in [0.25, 0.3) is 0 Å². The van der Waals surface area contributed by atoms with E-state index in [1.54, 1.807) is 0 Å². The molecule has 0 spiro atoms. The molecule has 0 bridgehead atoms. The fourth-order valence-electron chi connectivity index (χ4n) is 1.29. The Morgan fingerprint density at radius 2 is 1.60 bits per heavy atom. The maximum absolute atomic E-state index is 12.6. The highest BCUT2D eigenvalue weighted by molar-refractivity contribution is 7.99. The lowest BCUT2D eigenvalue weighted by atomic mass is 10.3. The summed E-state index contributed by atoms with van der Waals surface area (Å²) < 4.78 is 37.9. The quantitative estimate of drug-likeness (QED) is 0.653. The minimum absolute atomic E-state index is 0.00479. The molecular weight excluding hydrogens is 315 g/mol. The van der Waals surface area contributed by atoms with Gasteiger partial charge in [-0.1, -0.05) is 11.6 Å². The molecule has 0 atom stereocenters. The number of halogens is 4. The van der Waals surface area contributed by atoms with Crippen LogP contribution in [0.4, 0.5) is 24.8 Å². The first-order chi connectivity index (χ1) is 9.24. The van der Waals surface area contributed by atoms with Crippen molar-refractivity contribution >= 4 is 35.0 Å². The van der Waals surface area contributed by atoms with Crippen molar-refractivity contribution < 1.29 is 13.2 Å². The fourth-order valence-corrected chi connectivity index (χ4v) is 2.37. The lowest BCUT2D eigenvalue weighted by molar-refractivity contribution is -0.137. The molecule has 2 heterocycles. The largest absolute Gasteiger partial charge is 0.416 e. The van der Waals surface area contributed by atoms with E-state index in [0.29, 0.717) is 0 Å². The second kappa shape index (κ2) is 5.33. The van der Waals surface area contributed by atoms with E-state index in [4.69, 9.17) is 23.1 Å². The second-order valence-corrected chi connectivity index (χ2v) is 4.99. The molecule has 0 aromatic carbocycles. The summed E-state index contributed by atoms with van der Waals surface area (Å²) in [5, 5.41) is -0.195. The molecule has 2 aromatic rings. The predicted octanol–water partition coefficient (Wildman–Crippen LogP) is 2.86. The first-order valence-electron chi connectivity index (χ1n) is 5.07. The van der Waals surface area contributed by atoms with Gasteiger partial charge in [-0.25, -0.2) is 15.0 Å². The lowest BCUT2D eigenvalue weighted by Gasteiger charge is -2.08. The van der Waals surface area contributed by atoms with Crippen LogP contribution in [0.5, 0.6) is 0 Å². The molecule has 5 nitrogen and oxygen atoms in total. The van der Waals surface area contributed by atoms with Crippen molar-refractivity contribution in [3.63, 3.8) is 0 Å². The number of aromatic nitrogens is 3. The maximum Gasteiger partial charge on any atom is 0.416 e. The zero-order chi connectivity index (χ0) is 14.9. The molecule has 106 valence electrons. The van der Waals surface area contributed by atoms with E-state index in [-0.39, 0.29) is 27.0 Å². The highest BCUT2D eigenvalue weighted by Crippen LogP contribution is 2.34. The molecule has 0 fully saturated rings. The van der Waals surface area contributed by atoms with E-state index in [9.17, 15) is 13.2 Å². The van der Waals surface area contributed by atoms with Crippen molar-refractivity contribution in [2.24, 2.45) is 0 Å². The minimum Gasteiger partial charge on any atom is -0.383 e. The summed E-state index contributed by atoms with van der Waals surface area (Å²) in [6.07, 6.45) is -4.52. The van der Waals surface area contributed by atoms with Crippen LogP contribution in [0, 0.1) is 0 Å². The Labute approximate surface area is 120 Å². The molecule has 0 aliphatic carbocycles. The van der Waals surface area contributed by atoms with Crippen molar-refractivity contribution in [3.05, 3.63) is 28.9 Å². The summed E-state index contributed by atoms with van der Waals surface area (Å²) in [5.41, 5.74) is 10.0. The Morgan fingerprint density at radius 3 is 2.15 bits per heavy atom. The van der Waals surface area contributed by atoms with Crippen molar-refractivity contribution in [2.75, 3.05) is 11.5 Å². The molecule has 0 aliphatic rings. The summed E-state index contributed by atoms with van der Waals surface area (Å²) in [6, 6.07) is 2.91. The number of anilines is 2. The Hall–Kier alpha value is -1.74. The van der Waals surface area contributed by atoms with Gasteiger partial charge in [-0.05, 0) is 23.9 Å². The molecule has 2 aromatic heterocycles. The molecule has 0 unspecified atom stereocenters. The molecule has 0 saturated heterocycles. The molecule has 2 rings (SSSR count). The Bertz CT molecular complexity index is 629. The van der Waals surface area contributed by atoms with E-state index < -0.39 is 11.7 Å². The second-order valence-electron chi connectivity index (χ2n) is 3.62. The third kappa shape index (κ3) is 3.64. The van der Waals surface area contributed by atoms with E-state index in [1.165, 1.54) is 6.07 Å². The monoisotopic (exact) mass is 321 g/mol. The van der Waals surface area contributed by atoms with Crippen LogP contribution in [0.25, 0.3) is 0 Å². The van der Waals surface area contributed by atoms with E-state index in [2.05, 4.69) is 15.0 Å². The number of nitrogens with zero attached hydrogens (tertiary/aromatic N) is 3. The van der Waals surface area contributed by atoms with Gasteiger partial charge in [0, 0.05) is 6.07 Å². The molecular formula is C10H7ClF3N5S. The smallest absolute Gasteiger partial charge is 0.383 e. The molecule has 10 heteroatoms. The van der Waals surface area contributed by atoms with Gasteiger partial charge >= 0.3 is 6.18 Å². The summed E-state index contributed by atoms with van der Waals surface area (Å²) >= 11 is 6.35. The first-order valence-corrected chi connectivity index (χ1v) is 6.26. The average molecular weight is 322 g/mol. The van der Waals surface area contributed by atoms with Crippen LogP contribution in [-0.4, -0.2) is 15.0 Å². The van der Waals surface area contributed by atoms with Gasteiger partial charge in [0.15, 0.2) is 5.16 Å². The molecule has 0 saturated carbocycles. The van der Waals surface area contributed by atoms with Crippen LogP contribution >= 0.6 is 23.4 Å². The molecule has 0 aliphatic heterocycles. The van der Waals surface area contributed by atoms with Gasteiger partial charge in [0.05, 0.1) is 5.56 Å². The van der Waals surface area contributed by atoms with Crippen LogP contribution < -0.4 is 11.5 Å². The van der Waals surface area contributed by atoms with Crippen molar-refractivity contribution in [2.45, 2.75) is 16.4 Å². The zero-order valence-electron chi connectivity index (χ0n) is 9.65. The van der Waals surface area contributed by atoms with Crippen molar-refractivity contribution in [1.29, 1.82) is 0 Å². The lowest BCUT2D eigenvalue weighted by Crippen LogP contribution is -2.06. The molecule has 4 N–H and O–H groups in total. The summed E-state index contributed by atoms with van der Waals surface area (Å²) in [5.74, 6) is 0.219. The minimum atomic E-state index is -4.52. The SMILES string of the molecule is Nc1cc(N)nc(Sc2cc(C(F)(F)F)cc(Cl)n2)n1. The Kier molecular flexibility index (Phi) is 3.91. The first kappa shape index (κ1) is 14.7. The highest BCUT2D eigenvalue weighted by atomic mass is 35.5. The zero-order valence-corrected chi connectivity index (χ0v) is 11.2. The highest BCUT2D eigenvalue weighted by Gasteiger charge is 2.31. The maximum atomic E-state index is 12.6.